The van der Waals surface area contributed by atoms with Gasteiger partial charge in [-0.2, -0.15) is 19.2 Å². The number of ether oxygens (including phenoxy) is 8. The number of methoxy groups -OCH3 is 4. The van der Waals surface area contributed by atoms with E-state index in [0.29, 0.717) is 31.0 Å². The Kier molecular flexibility index (Phi) is 180. The van der Waals surface area contributed by atoms with Crippen molar-refractivity contribution in [2.24, 2.45) is 0 Å². The molecule has 394 valence electrons. The number of hydrogen-bond donors (Lipinski definition) is 1. The molecule has 0 bridgehead atoms. The van der Waals surface area contributed by atoms with Crippen LogP contribution < -0.4 is 0 Å². The van der Waals surface area contributed by atoms with Crippen molar-refractivity contribution in [1.82, 2.24) is 0 Å². The van der Waals surface area contributed by atoms with Crippen LogP contribution in [-0.2, 0) is 71.5 Å². The third-order valence-electron chi connectivity index (χ3n) is 4.78. The van der Waals surface area contributed by atoms with Crippen molar-refractivity contribution in [1.29, 1.82) is 0 Å². The summed E-state index contributed by atoms with van der Waals surface area (Å²) >= 11 is 0. The Morgan fingerprint density at radius 2 is 0.969 bits per heavy atom. The first-order valence-electron chi connectivity index (χ1n) is 16.4. The molecule has 0 radical (unpaired) electrons. The Morgan fingerprint density at radius 3 is 1.25 bits per heavy atom. The van der Waals surface area contributed by atoms with E-state index in [-0.39, 0.29) is 124 Å². The van der Waals surface area contributed by atoms with Crippen LogP contribution in [0, 0.1) is 0 Å². The zero-order valence-electron chi connectivity index (χ0n) is 33.9. The molecule has 0 aromatic carbocycles. The Morgan fingerprint density at radius 1 is 0.578 bits per heavy atom. The summed E-state index contributed by atoms with van der Waals surface area (Å²) in [6.45, 7) is 29.8. The van der Waals surface area contributed by atoms with Crippen molar-refractivity contribution in [2.75, 3.05) is 81.3 Å². The average Bonchev–Trinajstić information content (AvgIpc) is 3.12. The van der Waals surface area contributed by atoms with E-state index in [0.717, 1.165) is 45.0 Å². The van der Waals surface area contributed by atoms with Gasteiger partial charge < -0.3 is 43.0 Å². The predicted molar refractivity (Wildman–Crippen MR) is 268 cm³/mol. The Bertz CT molecular complexity index is 1000. The van der Waals surface area contributed by atoms with E-state index in [2.05, 4.69) is 32.9 Å². The molecule has 0 saturated heterocycles. The lowest BCUT2D eigenvalue weighted by Gasteiger charge is -2.09. The molecule has 0 rings (SSSR count). The van der Waals surface area contributed by atoms with Gasteiger partial charge in [-0.05, 0) is 60.3 Å². The molecule has 0 aliphatic heterocycles. The van der Waals surface area contributed by atoms with Crippen molar-refractivity contribution in [3.05, 3.63) is 61.8 Å². The van der Waals surface area contributed by atoms with E-state index in [9.17, 15) is 14.4 Å². The van der Waals surface area contributed by atoms with Crippen LogP contribution in [0.3, 0.4) is 0 Å². The molecule has 16 heteroatoms. The summed E-state index contributed by atoms with van der Waals surface area (Å²) in [6.07, 6.45) is 6.65. The molecule has 1 N–H and O–H groups in total. The normalized spacial score (nSPS) is 8.16. The third-order valence-corrected chi connectivity index (χ3v) is 4.78. The smallest absolute Gasteiger partial charge is 0.373 e. The highest BCUT2D eigenvalue weighted by atomic mass is 16.6. The molecule has 0 aliphatic rings. The van der Waals surface area contributed by atoms with Gasteiger partial charge in [-0.25, -0.2) is 14.4 Å². The standard InChI is InChI=1S/C9H16O4.2C8H14O3.C6H12O.C5H10O.2CO2.10CH4/c1-7(2)9(11)13-5-4-12-6-8(3)10;1-6(2)8(9)11-5-7(3)10-4;1-3-8(9)11-7-5-4-6-10-2;1-6(2)4-5-7-3;1-3-4-5-6-2;2*2-1-3;;;;;;;;;;/h8,10H,1,4-6H2,2-3H3;7H,1,5H2,2-4H3;3H,1,4-7H2,2H3;1,4-5H2,2-3H3;3H,1,4-5H2,2H3;;;10*1H4. The monoisotopic (exact) mass is 939 g/mol. The number of unbranched alkanes of at least 4 members (excludes halogenated alkanes) is 1. The molecule has 2 atom stereocenters. The molecule has 0 fully saturated rings. The Hall–Kier alpha value is -4.37. The highest BCUT2D eigenvalue weighted by Gasteiger charge is 2.06. The van der Waals surface area contributed by atoms with Crippen LogP contribution in [0.15, 0.2) is 61.8 Å². The van der Waals surface area contributed by atoms with Gasteiger partial charge >= 0.3 is 30.2 Å². The number of carbonyl (C=O) groups is 3. The second-order valence-electron chi connectivity index (χ2n) is 10.3. The van der Waals surface area contributed by atoms with Crippen LogP contribution in [0.2, 0.25) is 0 Å². The van der Waals surface area contributed by atoms with Crippen molar-refractivity contribution < 1.29 is 76.6 Å². The summed E-state index contributed by atoms with van der Waals surface area (Å²) in [4.78, 5) is 64.6. The van der Waals surface area contributed by atoms with E-state index in [1.807, 2.05) is 19.9 Å². The number of esters is 3. The molecule has 2 unspecified atom stereocenters. The SMILES string of the molecule is C.C.C.C.C.C.C.C.C.C.C=C(C)C(=O)OCC(C)OC.C=C(C)C(=O)OCCOCC(C)O.C=C(C)CCOC.C=CC(=O)OCCCCOC.C=CCCOC.O=C=O.O=C=O. The van der Waals surface area contributed by atoms with Gasteiger partial charge in [0, 0.05) is 65.5 Å². The minimum Gasteiger partial charge on any atom is -0.463 e. The van der Waals surface area contributed by atoms with Crippen molar-refractivity contribution in [2.45, 2.75) is 147 Å². The fraction of sp³-hybridized carbons (Fsp3) is 0.688. The molecule has 0 saturated carbocycles. The number of aliphatic hydroxyl groups is 1. The summed E-state index contributed by atoms with van der Waals surface area (Å²) in [5, 5.41) is 8.80. The summed E-state index contributed by atoms with van der Waals surface area (Å²) in [5.74, 6) is -1.14. The lowest BCUT2D eigenvalue weighted by molar-refractivity contribution is -0.193. The van der Waals surface area contributed by atoms with E-state index in [1.165, 1.54) is 5.57 Å². The molecule has 0 amide bonds. The van der Waals surface area contributed by atoms with E-state index in [4.69, 9.17) is 62.2 Å². The maximum absolute atomic E-state index is 10.8. The van der Waals surface area contributed by atoms with Crippen LogP contribution in [-0.4, -0.2) is 129 Å². The van der Waals surface area contributed by atoms with Crippen molar-refractivity contribution in [3.63, 3.8) is 0 Å². The number of aliphatic hydroxyl groups excluding tert-OH is 1. The summed E-state index contributed by atoms with van der Waals surface area (Å²) in [6, 6.07) is 0. The third kappa shape index (κ3) is 154. The quantitative estimate of drug-likeness (QED) is 0.0351. The maximum Gasteiger partial charge on any atom is 0.373 e. The minimum absolute atomic E-state index is 0. The molecule has 16 nitrogen and oxygen atoms in total. The molecule has 0 aromatic rings. The van der Waals surface area contributed by atoms with Gasteiger partial charge in [0.25, 0.3) is 0 Å². The topological polar surface area (TPSA) is 214 Å². The lowest BCUT2D eigenvalue weighted by atomic mass is 10.3. The first-order valence-corrected chi connectivity index (χ1v) is 16.4. The zero-order valence-corrected chi connectivity index (χ0v) is 33.9. The number of carbonyl (C=O) groups excluding carboxylic acids is 7. The summed E-state index contributed by atoms with van der Waals surface area (Å²) in [5.41, 5.74) is 1.96. The van der Waals surface area contributed by atoms with Crippen LogP contribution in [0.5, 0.6) is 0 Å². The Labute approximate surface area is 395 Å². The van der Waals surface area contributed by atoms with Gasteiger partial charge in [0.15, 0.2) is 0 Å². The lowest BCUT2D eigenvalue weighted by Crippen LogP contribution is -2.17. The van der Waals surface area contributed by atoms with Crippen LogP contribution in [0.25, 0.3) is 0 Å². The molecule has 0 aliphatic carbocycles. The largest absolute Gasteiger partial charge is 0.463 e. The van der Waals surface area contributed by atoms with Crippen LogP contribution in [0.1, 0.15) is 135 Å². The maximum atomic E-state index is 10.8. The first kappa shape index (κ1) is 113. The molecule has 0 heterocycles. The highest BCUT2D eigenvalue weighted by molar-refractivity contribution is 5.87. The molecular weight excluding hydrogens is 833 g/mol. The summed E-state index contributed by atoms with van der Waals surface area (Å²) < 4.78 is 38.4. The number of hydrogen-bond acceptors (Lipinski definition) is 16. The minimum atomic E-state index is -0.489. The zero-order chi connectivity index (χ0) is 43.6. The van der Waals surface area contributed by atoms with E-state index < -0.39 is 12.1 Å². The van der Waals surface area contributed by atoms with Gasteiger partial charge in [0.05, 0.1) is 32.0 Å². The van der Waals surface area contributed by atoms with Gasteiger partial charge in [0.2, 0.25) is 0 Å². The van der Waals surface area contributed by atoms with Crippen molar-refractivity contribution >= 4 is 30.2 Å². The molecular formula is C48H106O16. The molecule has 64 heavy (non-hydrogen) atoms. The van der Waals surface area contributed by atoms with Gasteiger partial charge in [-0.15, -0.1) is 13.2 Å². The highest BCUT2D eigenvalue weighted by Crippen LogP contribution is 1.96. The van der Waals surface area contributed by atoms with Crippen LogP contribution in [0.4, 0.5) is 0 Å². The van der Waals surface area contributed by atoms with Gasteiger partial charge in [-0.3, -0.25) is 0 Å². The van der Waals surface area contributed by atoms with Gasteiger partial charge in [0.1, 0.15) is 13.2 Å². The average molecular weight is 939 g/mol. The van der Waals surface area contributed by atoms with Crippen LogP contribution >= 0.6 is 0 Å². The predicted octanol–water partition coefficient (Wildman–Crippen LogP) is 10.8. The number of rotatable bonds is 22. The molecule has 0 aromatic heterocycles. The van der Waals surface area contributed by atoms with Crippen molar-refractivity contribution in [3.8, 4) is 0 Å². The summed E-state index contributed by atoms with van der Waals surface area (Å²) in [7, 11) is 6.60. The Balaban J connectivity index is -0.0000000273. The second kappa shape index (κ2) is 102. The van der Waals surface area contributed by atoms with E-state index >= 15 is 0 Å². The fourth-order valence-corrected chi connectivity index (χ4v) is 2.01. The second-order valence-corrected chi connectivity index (χ2v) is 10.3. The fourth-order valence-electron chi connectivity index (χ4n) is 2.01. The van der Waals surface area contributed by atoms with Gasteiger partial charge in [-0.1, -0.05) is 106 Å². The van der Waals surface area contributed by atoms with E-state index in [1.54, 1.807) is 49.2 Å². The molecule has 0 spiro atoms. The first-order chi connectivity index (χ1) is 25.4.